The van der Waals surface area contributed by atoms with Crippen molar-refractivity contribution in [2.24, 2.45) is 5.92 Å². The number of amides is 1. The molecule has 1 amide bonds. The van der Waals surface area contributed by atoms with E-state index in [0.717, 1.165) is 19.3 Å². The molecule has 0 unspecified atom stereocenters. The minimum absolute atomic E-state index is 0.0453. The van der Waals surface area contributed by atoms with Crippen molar-refractivity contribution in [2.75, 3.05) is 0 Å². The van der Waals surface area contributed by atoms with Crippen molar-refractivity contribution in [3.05, 3.63) is 21.3 Å². The lowest BCUT2D eigenvalue weighted by molar-refractivity contribution is -0.155. The van der Waals surface area contributed by atoms with E-state index in [1.54, 1.807) is 19.1 Å². The first kappa shape index (κ1) is 19.9. The van der Waals surface area contributed by atoms with Gasteiger partial charge >= 0.3 is 5.97 Å². The summed E-state index contributed by atoms with van der Waals surface area (Å²) in [5.41, 5.74) is 0. The molecule has 0 aromatic carbocycles. The van der Waals surface area contributed by atoms with E-state index in [0.29, 0.717) is 15.1 Å². The quantitative estimate of drug-likeness (QED) is 0.569. The Morgan fingerprint density at radius 1 is 1.28 bits per heavy atom. The maximum absolute atomic E-state index is 12.2. The van der Waals surface area contributed by atoms with Crippen LogP contribution in [0.5, 0.6) is 0 Å². The molecule has 1 aliphatic carbocycles. The van der Waals surface area contributed by atoms with E-state index < -0.39 is 12.1 Å². The third kappa shape index (κ3) is 6.12. The van der Waals surface area contributed by atoms with Crippen molar-refractivity contribution in [3.63, 3.8) is 0 Å². The SMILES string of the molecule is C[C@@H]1CCCC[C@@H]1NC(=O)[C@@H](C)OC(=O)CCC(=O)c1ccc(Cl)s1. The van der Waals surface area contributed by atoms with Crippen LogP contribution in [-0.2, 0) is 14.3 Å². The van der Waals surface area contributed by atoms with Gasteiger partial charge in [-0.05, 0) is 37.8 Å². The van der Waals surface area contributed by atoms with Gasteiger partial charge in [-0.25, -0.2) is 0 Å². The number of halogens is 1. The minimum Gasteiger partial charge on any atom is -0.453 e. The van der Waals surface area contributed by atoms with Crippen molar-refractivity contribution in [3.8, 4) is 0 Å². The van der Waals surface area contributed by atoms with E-state index in [1.807, 2.05) is 0 Å². The molecule has 1 aliphatic rings. The van der Waals surface area contributed by atoms with Gasteiger partial charge in [-0.3, -0.25) is 14.4 Å². The number of thiophene rings is 1. The zero-order chi connectivity index (χ0) is 18.4. The fourth-order valence-electron chi connectivity index (χ4n) is 2.94. The zero-order valence-corrected chi connectivity index (χ0v) is 16.1. The maximum Gasteiger partial charge on any atom is 0.307 e. The number of esters is 1. The number of Topliss-reactive ketones (excluding diaryl/α,β-unsaturated/α-hetero) is 1. The number of carbonyl (C=O) groups excluding carboxylic acids is 3. The topological polar surface area (TPSA) is 72.5 Å². The predicted molar refractivity (Wildman–Crippen MR) is 98.0 cm³/mol. The Bertz CT molecular complexity index is 630. The summed E-state index contributed by atoms with van der Waals surface area (Å²) in [6, 6.07) is 3.44. The highest BCUT2D eigenvalue weighted by molar-refractivity contribution is 7.18. The summed E-state index contributed by atoms with van der Waals surface area (Å²) in [6.45, 7) is 3.69. The zero-order valence-electron chi connectivity index (χ0n) is 14.5. The number of hydrogen-bond donors (Lipinski definition) is 1. The van der Waals surface area contributed by atoms with Crippen LogP contribution < -0.4 is 5.32 Å². The lowest BCUT2D eigenvalue weighted by Gasteiger charge is -2.30. The highest BCUT2D eigenvalue weighted by Gasteiger charge is 2.26. The normalized spacial score (nSPS) is 21.4. The number of ether oxygens (including phenoxy) is 1. The first-order chi connectivity index (χ1) is 11.9. The second-order valence-corrected chi connectivity index (χ2v) is 8.25. The monoisotopic (exact) mass is 385 g/mol. The summed E-state index contributed by atoms with van der Waals surface area (Å²) in [7, 11) is 0. The molecule has 0 spiro atoms. The van der Waals surface area contributed by atoms with Gasteiger partial charge in [0.25, 0.3) is 5.91 Å². The van der Waals surface area contributed by atoms with E-state index in [4.69, 9.17) is 16.3 Å². The van der Waals surface area contributed by atoms with E-state index in [9.17, 15) is 14.4 Å². The number of ketones is 1. The molecule has 1 N–H and O–H groups in total. The third-order valence-electron chi connectivity index (χ3n) is 4.52. The predicted octanol–water partition coefficient (Wildman–Crippen LogP) is 3.99. The molecule has 138 valence electrons. The third-order valence-corrected chi connectivity index (χ3v) is 5.79. The Balaban J connectivity index is 1.73. The van der Waals surface area contributed by atoms with Crippen LogP contribution in [0.2, 0.25) is 4.34 Å². The van der Waals surface area contributed by atoms with Gasteiger partial charge in [-0.15, -0.1) is 11.3 Å². The lowest BCUT2D eigenvalue weighted by Crippen LogP contribution is -2.46. The molecule has 7 heteroatoms. The molecule has 2 rings (SSSR count). The smallest absolute Gasteiger partial charge is 0.307 e. The van der Waals surface area contributed by atoms with Crippen LogP contribution in [0.1, 0.15) is 62.0 Å². The summed E-state index contributed by atoms with van der Waals surface area (Å²) in [6.07, 6.45) is 3.52. The summed E-state index contributed by atoms with van der Waals surface area (Å²) in [5.74, 6) is -0.531. The highest BCUT2D eigenvalue weighted by Crippen LogP contribution is 2.24. The van der Waals surface area contributed by atoms with Gasteiger partial charge in [-0.2, -0.15) is 0 Å². The van der Waals surface area contributed by atoms with Gasteiger partial charge < -0.3 is 10.1 Å². The van der Waals surface area contributed by atoms with Gasteiger partial charge in [-0.1, -0.05) is 31.4 Å². The first-order valence-electron chi connectivity index (χ1n) is 8.65. The number of hydrogen-bond acceptors (Lipinski definition) is 5. The molecule has 1 aromatic rings. The van der Waals surface area contributed by atoms with E-state index in [-0.39, 0.29) is 30.6 Å². The summed E-state index contributed by atoms with van der Waals surface area (Å²) >= 11 is 6.98. The van der Waals surface area contributed by atoms with Crippen LogP contribution in [-0.4, -0.2) is 29.8 Å². The molecule has 1 heterocycles. The van der Waals surface area contributed by atoms with E-state index in [1.165, 1.54) is 17.8 Å². The highest BCUT2D eigenvalue weighted by atomic mass is 35.5. The van der Waals surface area contributed by atoms with Crippen molar-refractivity contribution >= 4 is 40.6 Å². The Morgan fingerprint density at radius 2 is 2.00 bits per heavy atom. The molecule has 1 aromatic heterocycles. The fraction of sp³-hybridized carbons (Fsp3) is 0.611. The molecular formula is C18H24ClNO4S. The van der Waals surface area contributed by atoms with Crippen molar-refractivity contribution in [1.82, 2.24) is 5.32 Å². The van der Waals surface area contributed by atoms with Crippen LogP contribution in [0.4, 0.5) is 0 Å². The summed E-state index contributed by atoms with van der Waals surface area (Å²) in [4.78, 5) is 36.5. The Hall–Kier alpha value is -1.40. The van der Waals surface area contributed by atoms with Gasteiger partial charge in [0, 0.05) is 12.5 Å². The Labute approximate surface area is 157 Å². The minimum atomic E-state index is -0.854. The molecule has 0 radical (unpaired) electrons. The average molecular weight is 386 g/mol. The second-order valence-electron chi connectivity index (χ2n) is 6.54. The van der Waals surface area contributed by atoms with Crippen molar-refractivity contribution in [2.45, 2.75) is 64.5 Å². The second kappa shape index (κ2) is 9.34. The summed E-state index contributed by atoms with van der Waals surface area (Å²) < 4.78 is 5.69. The molecule has 1 saturated carbocycles. The lowest BCUT2D eigenvalue weighted by atomic mass is 9.86. The van der Waals surface area contributed by atoms with Gasteiger partial charge in [0.1, 0.15) is 0 Å². The molecule has 25 heavy (non-hydrogen) atoms. The van der Waals surface area contributed by atoms with Crippen LogP contribution in [0.3, 0.4) is 0 Å². The van der Waals surface area contributed by atoms with Crippen LogP contribution in [0.25, 0.3) is 0 Å². The maximum atomic E-state index is 12.2. The molecule has 1 fully saturated rings. The molecular weight excluding hydrogens is 362 g/mol. The van der Waals surface area contributed by atoms with Crippen LogP contribution in [0, 0.1) is 5.92 Å². The van der Waals surface area contributed by atoms with E-state index >= 15 is 0 Å². The summed E-state index contributed by atoms with van der Waals surface area (Å²) in [5, 5.41) is 2.97. The molecule has 3 atom stereocenters. The Kier molecular flexibility index (Phi) is 7.44. The van der Waals surface area contributed by atoms with Gasteiger partial charge in [0.2, 0.25) is 0 Å². The Morgan fingerprint density at radius 3 is 2.64 bits per heavy atom. The van der Waals surface area contributed by atoms with Gasteiger partial charge in [0.15, 0.2) is 11.9 Å². The largest absolute Gasteiger partial charge is 0.453 e. The van der Waals surface area contributed by atoms with Crippen LogP contribution in [0.15, 0.2) is 12.1 Å². The average Bonchev–Trinajstić information content (AvgIpc) is 3.01. The van der Waals surface area contributed by atoms with Crippen LogP contribution >= 0.6 is 22.9 Å². The number of nitrogens with one attached hydrogen (secondary N) is 1. The number of rotatable bonds is 7. The molecule has 0 aliphatic heterocycles. The molecule has 5 nitrogen and oxygen atoms in total. The van der Waals surface area contributed by atoms with E-state index in [2.05, 4.69) is 12.2 Å². The van der Waals surface area contributed by atoms with Crippen molar-refractivity contribution < 1.29 is 19.1 Å². The van der Waals surface area contributed by atoms with Crippen molar-refractivity contribution in [1.29, 1.82) is 0 Å². The molecule has 0 bridgehead atoms. The standard InChI is InChI=1S/C18H24ClNO4S/c1-11-5-3-4-6-13(11)20-18(23)12(2)24-17(22)10-7-14(21)15-8-9-16(19)25-15/h8-9,11-13H,3-7,10H2,1-2H3,(H,20,23)/t11-,12-,13+/m1/s1. The fourth-order valence-corrected chi connectivity index (χ4v) is 3.95. The van der Waals surface area contributed by atoms with Gasteiger partial charge in [0.05, 0.1) is 15.6 Å². The molecule has 0 saturated heterocycles. The number of carbonyl (C=O) groups is 3. The first-order valence-corrected chi connectivity index (χ1v) is 9.84.